The van der Waals surface area contributed by atoms with Crippen molar-refractivity contribution in [1.82, 2.24) is 5.32 Å². The number of anilines is 2. The van der Waals surface area contributed by atoms with Crippen molar-refractivity contribution in [3.8, 4) is 0 Å². The smallest absolute Gasteiger partial charge is 0.303 e. The molecule has 0 aliphatic carbocycles. The Balaban J connectivity index is 1.56. The van der Waals surface area contributed by atoms with Crippen molar-refractivity contribution in [2.24, 2.45) is 5.10 Å². The second kappa shape index (κ2) is 10.6. The number of amidine groups is 1. The van der Waals surface area contributed by atoms with Crippen molar-refractivity contribution in [1.29, 1.82) is 0 Å². The Morgan fingerprint density at radius 2 is 1.84 bits per heavy atom. The lowest BCUT2D eigenvalue weighted by Gasteiger charge is -2.13. The molecule has 1 atom stereocenters. The Morgan fingerprint density at radius 1 is 1.09 bits per heavy atom. The third-order valence-corrected chi connectivity index (χ3v) is 5.50. The largest absolute Gasteiger partial charge is 0.481 e. The van der Waals surface area contributed by atoms with Gasteiger partial charge in [-0.25, -0.2) is 0 Å². The first-order chi connectivity index (χ1) is 15.3. The van der Waals surface area contributed by atoms with Crippen molar-refractivity contribution < 1.29 is 24.3 Å². The van der Waals surface area contributed by atoms with E-state index in [0.29, 0.717) is 11.4 Å². The molecule has 3 N–H and O–H groups in total. The average Bonchev–Trinajstić information content (AvgIpc) is 3.13. The molecular weight excluding hydrogens is 432 g/mol. The zero-order valence-electron chi connectivity index (χ0n) is 17.3. The first-order valence-electron chi connectivity index (χ1n) is 9.86. The van der Waals surface area contributed by atoms with E-state index in [9.17, 15) is 19.2 Å². The summed E-state index contributed by atoms with van der Waals surface area (Å²) < 4.78 is 0. The summed E-state index contributed by atoms with van der Waals surface area (Å²) in [5.41, 5.74) is 1.15. The van der Waals surface area contributed by atoms with Crippen LogP contribution in [-0.2, 0) is 19.2 Å². The van der Waals surface area contributed by atoms with Crippen LogP contribution in [0.4, 0.5) is 11.4 Å². The third-order valence-electron chi connectivity index (χ3n) is 4.41. The molecule has 1 aliphatic rings. The van der Waals surface area contributed by atoms with Crippen molar-refractivity contribution in [2.45, 2.75) is 36.3 Å². The normalized spacial score (nSPS) is 14.0. The van der Waals surface area contributed by atoms with E-state index in [1.807, 2.05) is 6.07 Å². The fourth-order valence-corrected chi connectivity index (χ4v) is 3.79. The van der Waals surface area contributed by atoms with Gasteiger partial charge in [0.2, 0.25) is 11.8 Å². The fourth-order valence-electron chi connectivity index (χ4n) is 2.86. The average molecular weight is 455 g/mol. The van der Waals surface area contributed by atoms with Gasteiger partial charge >= 0.3 is 5.97 Å². The summed E-state index contributed by atoms with van der Waals surface area (Å²) in [7, 11) is 0. The molecule has 0 spiro atoms. The number of carboxylic acid groups (broad SMARTS) is 1. The minimum Gasteiger partial charge on any atom is -0.481 e. The van der Waals surface area contributed by atoms with Crippen LogP contribution in [0.5, 0.6) is 0 Å². The number of thioether (sulfide) groups is 1. The topological polar surface area (TPSA) is 128 Å². The van der Waals surface area contributed by atoms with E-state index >= 15 is 0 Å². The molecule has 2 aromatic carbocycles. The van der Waals surface area contributed by atoms with Gasteiger partial charge in [0.05, 0.1) is 23.8 Å². The molecular formula is C22H22N4O5S. The second-order valence-electron chi connectivity index (χ2n) is 6.98. The number of carboxylic acids is 1. The monoisotopic (exact) mass is 454 g/mol. The minimum atomic E-state index is -1.04. The molecule has 0 saturated heterocycles. The molecule has 2 aromatic rings. The number of carbonyl (C=O) groups excluding carboxylic acids is 3. The number of aliphatic carboxylic acids is 1. The van der Waals surface area contributed by atoms with Crippen molar-refractivity contribution in [3.05, 3.63) is 54.6 Å². The summed E-state index contributed by atoms with van der Waals surface area (Å²) in [6.07, 6.45) is -0.353. The first-order valence-corrected chi connectivity index (χ1v) is 10.7. The third kappa shape index (κ3) is 6.42. The zero-order chi connectivity index (χ0) is 23.1. The van der Waals surface area contributed by atoms with E-state index in [2.05, 4.69) is 15.7 Å². The lowest BCUT2D eigenvalue weighted by Crippen LogP contribution is -2.35. The van der Waals surface area contributed by atoms with Crippen LogP contribution in [0.2, 0.25) is 0 Å². The van der Waals surface area contributed by atoms with Gasteiger partial charge < -0.3 is 15.7 Å². The Labute approximate surface area is 188 Å². The van der Waals surface area contributed by atoms with Gasteiger partial charge in [-0.3, -0.25) is 19.2 Å². The Kier molecular flexibility index (Phi) is 7.61. The highest BCUT2D eigenvalue weighted by Crippen LogP contribution is 2.26. The molecule has 3 rings (SSSR count). The van der Waals surface area contributed by atoms with Crippen LogP contribution in [0, 0.1) is 0 Å². The van der Waals surface area contributed by atoms with Crippen LogP contribution in [0.1, 0.15) is 26.2 Å². The van der Waals surface area contributed by atoms with E-state index in [1.54, 1.807) is 55.5 Å². The lowest BCUT2D eigenvalue weighted by atomic mass is 10.2. The molecule has 0 radical (unpaired) electrons. The van der Waals surface area contributed by atoms with Crippen molar-refractivity contribution in [3.63, 3.8) is 0 Å². The first kappa shape index (κ1) is 23.0. The number of benzene rings is 2. The summed E-state index contributed by atoms with van der Waals surface area (Å²) in [6, 6.07) is 15.9. The summed E-state index contributed by atoms with van der Waals surface area (Å²) >= 11 is 1.28. The highest BCUT2D eigenvalue weighted by atomic mass is 32.2. The highest BCUT2D eigenvalue weighted by molar-refractivity contribution is 8.00. The molecule has 10 heteroatoms. The number of hydrogen-bond donors (Lipinski definition) is 3. The predicted molar refractivity (Wildman–Crippen MR) is 121 cm³/mol. The summed E-state index contributed by atoms with van der Waals surface area (Å²) in [5, 5.41) is 19.0. The van der Waals surface area contributed by atoms with E-state index < -0.39 is 17.1 Å². The Hall–Kier alpha value is -3.66. The van der Waals surface area contributed by atoms with Crippen LogP contribution >= 0.6 is 11.8 Å². The second-order valence-corrected chi connectivity index (χ2v) is 8.40. The van der Waals surface area contributed by atoms with Crippen LogP contribution in [-0.4, -0.2) is 39.9 Å². The van der Waals surface area contributed by atoms with Gasteiger partial charge in [-0.2, -0.15) is 10.1 Å². The van der Waals surface area contributed by atoms with Gasteiger partial charge in [-0.05, 0) is 37.3 Å². The van der Waals surface area contributed by atoms with Crippen LogP contribution in [0.25, 0.3) is 0 Å². The highest BCUT2D eigenvalue weighted by Gasteiger charge is 2.27. The van der Waals surface area contributed by atoms with Gasteiger partial charge in [0.1, 0.15) is 5.84 Å². The predicted octanol–water partition coefficient (Wildman–Crippen LogP) is 2.84. The summed E-state index contributed by atoms with van der Waals surface area (Å²) in [4.78, 5) is 48.0. The number of hydrogen-bond acceptors (Lipinski definition) is 6. The van der Waals surface area contributed by atoms with Gasteiger partial charge in [0.25, 0.3) is 5.91 Å². The quantitative estimate of drug-likeness (QED) is 0.526. The van der Waals surface area contributed by atoms with E-state index in [0.717, 1.165) is 4.90 Å². The number of amides is 3. The van der Waals surface area contributed by atoms with E-state index in [-0.39, 0.29) is 36.9 Å². The number of rotatable bonds is 8. The van der Waals surface area contributed by atoms with Crippen molar-refractivity contribution >= 4 is 52.7 Å². The summed E-state index contributed by atoms with van der Waals surface area (Å²) in [5.74, 6) is -1.67. The maximum Gasteiger partial charge on any atom is 0.303 e. The fraction of sp³-hybridized carbons (Fsp3) is 0.227. The standard InChI is InChI=1S/C22H22N4O5S/c1-14(32-17-9-5-6-15(12-17)23-19(27)10-11-21(29)30)22(31)24-18-13-20(28)26(25-18)16-7-3-2-4-8-16/h2-9,12,14H,10-11,13H2,1H3,(H,23,27)(H,29,30)(H,24,25,31). The summed E-state index contributed by atoms with van der Waals surface area (Å²) in [6.45, 7) is 1.73. The molecule has 166 valence electrons. The molecule has 0 saturated carbocycles. The number of nitrogens with one attached hydrogen (secondary N) is 2. The minimum absolute atomic E-state index is 0.00980. The molecule has 0 bridgehead atoms. The van der Waals surface area contributed by atoms with Crippen LogP contribution < -0.4 is 15.6 Å². The number of hydrazone groups is 1. The van der Waals surface area contributed by atoms with Gasteiger partial charge in [0, 0.05) is 17.0 Å². The van der Waals surface area contributed by atoms with Gasteiger partial charge in [-0.15, -0.1) is 11.8 Å². The Morgan fingerprint density at radius 3 is 2.56 bits per heavy atom. The number of carbonyl (C=O) groups is 4. The number of nitrogens with zero attached hydrogens (tertiary/aromatic N) is 2. The molecule has 1 aliphatic heterocycles. The van der Waals surface area contributed by atoms with E-state index in [1.165, 1.54) is 16.8 Å². The Bertz CT molecular complexity index is 1060. The molecule has 1 heterocycles. The van der Waals surface area contributed by atoms with Crippen molar-refractivity contribution in [2.75, 3.05) is 10.3 Å². The molecule has 0 fully saturated rings. The molecule has 3 amide bonds. The maximum atomic E-state index is 12.6. The molecule has 32 heavy (non-hydrogen) atoms. The van der Waals surface area contributed by atoms with Crippen LogP contribution in [0.3, 0.4) is 0 Å². The molecule has 0 aromatic heterocycles. The lowest BCUT2D eigenvalue weighted by molar-refractivity contribution is -0.138. The SMILES string of the molecule is CC(Sc1cccc(NC(=O)CCC(=O)O)c1)C(=O)NC1=NN(c2ccccc2)C(=O)C1. The maximum absolute atomic E-state index is 12.6. The zero-order valence-corrected chi connectivity index (χ0v) is 18.1. The molecule has 1 unspecified atom stereocenters. The van der Waals surface area contributed by atoms with E-state index in [4.69, 9.17) is 5.11 Å². The molecule has 9 nitrogen and oxygen atoms in total. The van der Waals surface area contributed by atoms with Gasteiger partial charge in [-0.1, -0.05) is 24.3 Å². The van der Waals surface area contributed by atoms with Crippen LogP contribution in [0.15, 0.2) is 64.6 Å². The number of para-hydroxylation sites is 1. The van der Waals surface area contributed by atoms with Gasteiger partial charge in [0.15, 0.2) is 0 Å².